The summed E-state index contributed by atoms with van der Waals surface area (Å²) in [6.45, 7) is 1.05. The molecular formula is C17H19N9O2. The van der Waals surface area contributed by atoms with Crippen LogP contribution in [0.4, 0.5) is 5.95 Å². The van der Waals surface area contributed by atoms with Crippen molar-refractivity contribution in [3.8, 4) is 5.88 Å². The fourth-order valence-electron chi connectivity index (χ4n) is 2.48. The van der Waals surface area contributed by atoms with Crippen LogP contribution in [-0.4, -0.2) is 32.4 Å². The largest absolute Gasteiger partial charge is 0.471 e. The quantitative estimate of drug-likeness (QED) is 0.222. The maximum absolute atomic E-state index is 11.7. The maximum atomic E-state index is 11.7. The molecule has 0 atom stereocenters. The lowest BCUT2D eigenvalue weighted by Gasteiger charge is -2.08. The van der Waals surface area contributed by atoms with Gasteiger partial charge in [-0.1, -0.05) is 29.4 Å². The number of nitrogen functional groups attached to an aromatic ring is 1. The monoisotopic (exact) mass is 381 g/mol. The standard InChI is InChI=1S/C17H19N9O2/c18-17-24-15-14(21-10-22-15)16(25-17)28-9-12-5-3-11(4-6-12)8-20-13(27)2-1-7-23-26-19/h3-6,10H,1-2,7-9H2,(H,20,27)(H3,18,21,22,24,25). The Morgan fingerprint density at radius 2 is 2.07 bits per heavy atom. The summed E-state index contributed by atoms with van der Waals surface area (Å²) in [7, 11) is 0. The zero-order valence-electron chi connectivity index (χ0n) is 15.0. The van der Waals surface area contributed by atoms with Gasteiger partial charge in [0.25, 0.3) is 0 Å². The second-order valence-electron chi connectivity index (χ2n) is 5.93. The zero-order chi connectivity index (χ0) is 19.8. The van der Waals surface area contributed by atoms with Crippen LogP contribution in [0.2, 0.25) is 0 Å². The fourth-order valence-corrected chi connectivity index (χ4v) is 2.48. The van der Waals surface area contributed by atoms with Crippen LogP contribution in [-0.2, 0) is 17.9 Å². The number of anilines is 1. The molecule has 1 amide bonds. The van der Waals surface area contributed by atoms with Crippen LogP contribution in [0, 0.1) is 0 Å². The molecule has 0 aliphatic heterocycles. The number of nitrogens with one attached hydrogen (secondary N) is 2. The number of rotatable bonds is 9. The first-order valence-electron chi connectivity index (χ1n) is 8.60. The van der Waals surface area contributed by atoms with E-state index < -0.39 is 0 Å². The van der Waals surface area contributed by atoms with Gasteiger partial charge in [-0.25, -0.2) is 4.98 Å². The third kappa shape index (κ3) is 5.08. The van der Waals surface area contributed by atoms with E-state index in [0.717, 1.165) is 11.1 Å². The Bertz CT molecular complexity index is 994. The predicted molar refractivity (Wildman–Crippen MR) is 102 cm³/mol. The molecular weight excluding hydrogens is 362 g/mol. The van der Waals surface area contributed by atoms with Crippen LogP contribution >= 0.6 is 0 Å². The molecule has 3 rings (SSSR count). The van der Waals surface area contributed by atoms with Crippen molar-refractivity contribution in [3.63, 3.8) is 0 Å². The Kier molecular flexibility index (Phi) is 6.21. The fraction of sp³-hybridized carbons (Fsp3) is 0.294. The molecule has 11 heteroatoms. The van der Waals surface area contributed by atoms with Gasteiger partial charge in [0.2, 0.25) is 17.7 Å². The normalized spacial score (nSPS) is 10.4. The molecule has 0 saturated heterocycles. The Balaban J connectivity index is 1.49. The van der Waals surface area contributed by atoms with Crippen molar-refractivity contribution < 1.29 is 9.53 Å². The average Bonchev–Trinajstić information content (AvgIpc) is 3.17. The lowest BCUT2D eigenvalue weighted by atomic mass is 10.1. The third-order valence-corrected chi connectivity index (χ3v) is 3.88. The van der Waals surface area contributed by atoms with E-state index in [2.05, 4.69) is 35.3 Å². The number of H-pyrrole nitrogens is 1. The molecule has 2 aromatic heterocycles. The van der Waals surface area contributed by atoms with Crippen LogP contribution in [0.15, 0.2) is 35.7 Å². The Morgan fingerprint density at radius 1 is 1.29 bits per heavy atom. The number of aromatic amines is 1. The van der Waals surface area contributed by atoms with E-state index in [1.165, 1.54) is 6.33 Å². The first-order chi connectivity index (χ1) is 13.7. The topological polar surface area (TPSA) is 168 Å². The highest BCUT2D eigenvalue weighted by Gasteiger charge is 2.10. The van der Waals surface area contributed by atoms with E-state index in [1.54, 1.807) is 0 Å². The van der Waals surface area contributed by atoms with Crippen molar-refractivity contribution in [2.24, 2.45) is 5.11 Å². The van der Waals surface area contributed by atoms with E-state index in [0.29, 0.717) is 49.6 Å². The third-order valence-electron chi connectivity index (χ3n) is 3.88. The molecule has 3 aromatic rings. The lowest BCUT2D eigenvalue weighted by Crippen LogP contribution is -2.22. The molecule has 1 aromatic carbocycles. The number of hydrogen-bond acceptors (Lipinski definition) is 7. The van der Waals surface area contributed by atoms with Gasteiger partial charge in [-0.15, -0.1) is 0 Å². The number of imidazole rings is 1. The minimum absolute atomic E-state index is 0.0783. The van der Waals surface area contributed by atoms with Gasteiger partial charge in [-0.3, -0.25) is 4.79 Å². The minimum Gasteiger partial charge on any atom is -0.471 e. The number of aromatic nitrogens is 4. The van der Waals surface area contributed by atoms with Crippen LogP contribution in [0.25, 0.3) is 21.6 Å². The summed E-state index contributed by atoms with van der Waals surface area (Å²) in [5.74, 6) is 0.364. The average molecular weight is 381 g/mol. The molecule has 0 spiro atoms. The number of hydrogen-bond donors (Lipinski definition) is 3. The van der Waals surface area contributed by atoms with Crippen molar-refractivity contribution in [1.82, 2.24) is 25.3 Å². The van der Waals surface area contributed by atoms with Crippen molar-refractivity contribution in [1.29, 1.82) is 0 Å². The number of ether oxygens (including phenoxy) is 1. The molecule has 28 heavy (non-hydrogen) atoms. The van der Waals surface area contributed by atoms with Crippen molar-refractivity contribution >= 4 is 23.0 Å². The number of benzene rings is 1. The lowest BCUT2D eigenvalue weighted by molar-refractivity contribution is -0.121. The van der Waals surface area contributed by atoms with Crippen LogP contribution in [0.1, 0.15) is 24.0 Å². The van der Waals surface area contributed by atoms with Crippen LogP contribution < -0.4 is 15.8 Å². The van der Waals surface area contributed by atoms with Crippen molar-refractivity contribution in [2.75, 3.05) is 12.3 Å². The highest BCUT2D eigenvalue weighted by Crippen LogP contribution is 2.20. The van der Waals surface area contributed by atoms with Crippen LogP contribution in [0.5, 0.6) is 5.88 Å². The van der Waals surface area contributed by atoms with Gasteiger partial charge in [0.15, 0.2) is 5.65 Å². The second kappa shape index (κ2) is 9.19. The van der Waals surface area contributed by atoms with Gasteiger partial charge in [-0.05, 0) is 23.1 Å². The SMILES string of the molecule is [N-]=[N+]=NCCCC(=O)NCc1ccc(COc2nc(N)nc3nc[nH]c23)cc1. The maximum Gasteiger partial charge on any atom is 0.245 e. The second-order valence-corrected chi connectivity index (χ2v) is 5.93. The first kappa shape index (κ1) is 18.9. The summed E-state index contributed by atoms with van der Waals surface area (Å²) in [4.78, 5) is 29.5. The van der Waals surface area contributed by atoms with Gasteiger partial charge in [0.05, 0.1) is 6.33 Å². The Morgan fingerprint density at radius 3 is 2.86 bits per heavy atom. The molecule has 144 valence electrons. The number of nitrogens with zero attached hydrogens (tertiary/aromatic N) is 6. The number of amides is 1. The highest BCUT2D eigenvalue weighted by molar-refractivity contribution is 5.76. The Labute approximate surface area is 160 Å². The van der Waals surface area contributed by atoms with Gasteiger partial charge in [0, 0.05) is 24.4 Å². The molecule has 0 bridgehead atoms. The minimum atomic E-state index is -0.0783. The van der Waals surface area contributed by atoms with Crippen molar-refractivity contribution in [3.05, 3.63) is 52.2 Å². The number of azide groups is 1. The Hall–Kier alpha value is -3.85. The van der Waals surface area contributed by atoms with Gasteiger partial charge < -0.3 is 20.8 Å². The van der Waals surface area contributed by atoms with E-state index in [1.807, 2.05) is 24.3 Å². The molecule has 0 saturated carbocycles. The first-order valence-corrected chi connectivity index (χ1v) is 8.60. The van der Waals surface area contributed by atoms with Gasteiger partial charge >= 0.3 is 0 Å². The summed E-state index contributed by atoms with van der Waals surface area (Å²) >= 11 is 0. The zero-order valence-corrected chi connectivity index (χ0v) is 15.0. The van der Waals surface area contributed by atoms with Crippen molar-refractivity contribution in [2.45, 2.75) is 26.0 Å². The smallest absolute Gasteiger partial charge is 0.245 e. The molecule has 0 radical (unpaired) electrons. The number of carbonyl (C=O) groups excluding carboxylic acids is 1. The highest BCUT2D eigenvalue weighted by atomic mass is 16.5. The molecule has 0 unspecified atom stereocenters. The van der Waals surface area contributed by atoms with Gasteiger partial charge in [-0.2, -0.15) is 9.97 Å². The molecule has 0 aliphatic carbocycles. The summed E-state index contributed by atoms with van der Waals surface area (Å²) in [5.41, 5.74) is 16.8. The van der Waals surface area contributed by atoms with E-state index in [4.69, 9.17) is 16.0 Å². The molecule has 11 nitrogen and oxygen atoms in total. The van der Waals surface area contributed by atoms with Crippen LogP contribution in [0.3, 0.4) is 0 Å². The van der Waals surface area contributed by atoms with E-state index in [9.17, 15) is 4.79 Å². The number of nitrogens with two attached hydrogens (primary N) is 1. The molecule has 0 fully saturated rings. The number of carbonyl (C=O) groups is 1. The molecule has 0 aliphatic rings. The molecule has 2 heterocycles. The summed E-state index contributed by atoms with van der Waals surface area (Å²) < 4.78 is 5.74. The molecule has 4 N–H and O–H groups in total. The van der Waals surface area contributed by atoms with E-state index in [-0.39, 0.29) is 11.9 Å². The number of fused-ring (bicyclic) bond motifs is 1. The summed E-state index contributed by atoms with van der Waals surface area (Å²) in [6.07, 6.45) is 2.36. The predicted octanol–water partition coefficient (Wildman–Crippen LogP) is 2.22. The van der Waals surface area contributed by atoms with E-state index >= 15 is 0 Å². The summed E-state index contributed by atoms with van der Waals surface area (Å²) in [5, 5.41) is 6.23. The summed E-state index contributed by atoms with van der Waals surface area (Å²) in [6, 6.07) is 7.66. The van der Waals surface area contributed by atoms with Gasteiger partial charge in [0.1, 0.15) is 12.1 Å².